The van der Waals surface area contributed by atoms with Crippen LogP contribution in [0.15, 0.2) is 35.7 Å². The van der Waals surface area contributed by atoms with Crippen molar-refractivity contribution < 1.29 is 4.92 Å². The Kier molecular flexibility index (Phi) is 3.78. The molecule has 1 N–H and O–H groups in total. The van der Waals surface area contributed by atoms with Gasteiger partial charge in [0.2, 0.25) is 0 Å². The maximum Gasteiger partial charge on any atom is 0.292 e. The van der Waals surface area contributed by atoms with Crippen LogP contribution in [0.5, 0.6) is 0 Å². The van der Waals surface area contributed by atoms with Gasteiger partial charge in [-0.25, -0.2) is 0 Å². The zero-order valence-electron chi connectivity index (χ0n) is 10.2. The fraction of sp³-hybridized carbons (Fsp3) is 0.154. The van der Waals surface area contributed by atoms with E-state index in [1.54, 1.807) is 11.3 Å². The summed E-state index contributed by atoms with van der Waals surface area (Å²) in [5.41, 5.74) is 0.735. The lowest BCUT2D eigenvalue weighted by Gasteiger charge is -2.13. The van der Waals surface area contributed by atoms with Crippen LogP contribution in [0.25, 0.3) is 0 Å². The lowest BCUT2D eigenvalue weighted by atomic mass is 10.1. The minimum atomic E-state index is -0.454. The highest BCUT2D eigenvalue weighted by Gasteiger charge is 2.17. The van der Waals surface area contributed by atoms with Gasteiger partial charge in [0.1, 0.15) is 5.69 Å². The van der Waals surface area contributed by atoms with Gasteiger partial charge < -0.3 is 5.32 Å². The van der Waals surface area contributed by atoms with Crippen LogP contribution in [0, 0.1) is 21.4 Å². The molecule has 0 spiro atoms. The van der Waals surface area contributed by atoms with Crippen molar-refractivity contribution in [3.05, 3.63) is 56.3 Å². The van der Waals surface area contributed by atoms with Gasteiger partial charge in [-0.3, -0.25) is 10.1 Å². The molecule has 2 rings (SSSR count). The Hall–Kier alpha value is -2.39. The first kappa shape index (κ1) is 13.1. The molecule has 0 fully saturated rings. The highest BCUT2D eigenvalue weighted by atomic mass is 32.1. The summed E-state index contributed by atoms with van der Waals surface area (Å²) in [5.74, 6) is 0. The molecule has 0 saturated heterocycles. The smallest absolute Gasteiger partial charge is 0.292 e. The molecule has 1 atom stereocenters. The van der Waals surface area contributed by atoms with Gasteiger partial charge in [-0.1, -0.05) is 6.07 Å². The molecule has 0 aliphatic rings. The van der Waals surface area contributed by atoms with Gasteiger partial charge >= 0.3 is 0 Å². The molecule has 1 aromatic carbocycles. The normalized spacial score (nSPS) is 11.6. The predicted molar refractivity (Wildman–Crippen MR) is 74.2 cm³/mol. The minimum absolute atomic E-state index is 0.0255. The van der Waals surface area contributed by atoms with Crippen molar-refractivity contribution in [2.24, 2.45) is 0 Å². The number of nitrogens with zero attached hydrogens (tertiary/aromatic N) is 2. The molecule has 0 radical (unpaired) electrons. The lowest BCUT2D eigenvalue weighted by Crippen LogP contribution is -2.07. The number of nitrogens with one attached hydrogen (secondary N) is 1. The predicted octanol–water partition coefficient (Wildman–Crippen LogP) is 3.70. The van der Waals surface area contributed by atoms with Crippen molar-refractivity contribution in [3.8, 4) is 6.07 Å². The Labute approximate surface area is 114 Å². The van der Waals surface area contributed by atoms with Crippen molar-refractivity contribution in [2.75, 3.05) is 5.32 Å². The summed E-state index contributed by atoms with van der Waals surface area (Å²) in [7, 11) is 0. The molecule has 5 nitrogen and oxygen atoms in total. The molecular formula is C13H11N3O2S. The standard InChI is InChI=1S/C13H11N3O2S/c1-9(13-3-2-6-19-13)15-11-7-10(8-14)4-5-12(11)16(17)18/h2-7,9,15H,1H3. The number of nitro benzene ring substituents is 1. The van der Waals surface area contributed by atoms with Gasteiger partial charge in [-0.05, 0) is 30.5 Å². The largest absolute Gasteiger partial charge is 0.372 e. The molecule has 0 aliphatic heterocycles. The molecule has 1 heterocycles. The summed E-state index contributed by atoms with van der Waals surface area (Å²) in [6.07, 6.45) is 0. The Morgan fingerprint density at radius 1 is 1.47 bits per heavy atom. The van der Waals surface area contributed by atoms with E-state index in [1.165, 1.54) is 18.2 Å². The van der Waals surface area contributed by atoms with Crippen LogP contribution in [0.3, 0.4) is 0 Å². The number of nitro groups is 1. The third-order valence-electron chi connectivity index (χ3n) is 2.66. The quantitative estimate of drug-likeness (QED) is 0.680. The molecule has 0 bridgehead atoms. The number of hydrogen-bond acceptors (Lipinski definition) is 5. The van der Waals surface area contributed by atoms with E-state index in [0.717, 1.165) is 4.88 Å². The van der Waals surface area contributed by atoms with E-state index in [-0.39, 0.29) is 11.7 Å². The maximum atomic E-state index is 11.0. The van der Waals surface area contributed by atoms with Crippen molar-refractivity contribution >= 4 is 22.7 Å². The first-order valence-electron chi connectivity index (χ1n) is 5.60. The molecule has 96 valence electrons. The molecule has 0 aliphatic carbocycles. The third-order valence-corrected chi connectivity index (χ3v) is 3.72. The van der Waals surface area contributed by atoms with Crippen LogP contribution in [0.1, 0.15) is 23.4 Å². The van der Waals surface area contributed by atoms with Gasteiger partial charge in [0.05, 0.1) is 22.6 Å². The second-order valence-electron chi connectivity index (χ2n) is 3.98. The van der Waals surface area contributed by atoms with E-state index < -0.39 is 4.92 Å². The van der Waals surface area contributed by atoms with E-state index >= 15 is 0 Å². The Morgan fingerprint density at radius 3 is 2.84 bits per heavy atom. The number of hydrogen-bond donors (Lipinski definition) is 1. The zero-order chi connectivity index (χ0) is 13.8. The number of rotatable bonds is 4. The van der Waals surface area contributed by atoms with Crippen molar-refractivity contribution in [2.45, 2.75) is 13.0 Å². The third kappa shape index (κ3) is 2.89. The fourth-order valence-corrected chi connectivity index (χ4v) is 2.46. The molecule has 0 amide bonds. The molecule has 0 saturated carbocycles. The monoisotopic (exact) mass is 273 g/mol. The highest BCUT2D eigenvalue weighted by Crippen LogP contribution is 2.30. The second kappa shape index (κ2) is 5.50. The van der Waals surface area contributed by atoms with Crippen LogP contribution < -0.4 is 5.32 Å². The van der Waals surface area contributed by atoms with Crippen molar-refractivity contribution in [1.29, 1.82) is 5.26 Å². The number of anilines is 1. The molecule has 19 heavy (non-hydrogen) atoms. The molecule has 6 heteroatoms. The first-order valence-corrected chi connectivity index (χ1v) is 6.48. The Bertz CT molecular complexity index is 632. The summed E-state index contributed by atoms with van der Waals surface area (Å²) >= 11 is 1.58. The fourth-order valence-electron chi connectivity index (χ4n) is 1.72. The lowest BCUT2D eigenvalue weighted by molar-refractivity contribution is -0.384. The summed E-state index contributed by atoms with van der Waals surface area (Å²) in [6.45, 7) is 1.93. The van der Waals surface area contributed by atoms with E-state index in [1.807, 2.05) is 30.5 Å². The Morgan fingerprint density at radius 2 is 2.26 bits per heavy atom. The SMILES string of the molecule is CC(Nc1cc(C#N)ccc1[N+](=O)[O-])c1cccs1. The summed E-state index contributed by atoms with van der Waals surface area (Å²) in [5, 5.41) is 24.9. The molecule has 2 aromatic rings. The van der Waals surface area contributed by atoms with Crippen LogP contribution >= 0.6 is 11.3 Å². The molecule has 1 aromatic heterocycles. The van der Waals surface area contributed by atoms with Crippen LogP contribution in [0.2, 0.25) is 0 Å². The van der Waals surface area contributed by atoms with Gasteiger partial charge in [0.25, 0.3) is 5.69 Å². The van der Waals surface area contributed by atoms with E-state index in [4.69, 9.17) is 5.26 Å². The molecule has 1 unspecified atom stereocenters. The minimum Gasteiger partial charge on any atom is -0.372 e. The van der Waals surface area contributed by atoms with Crippen LogP contribution in [0.4, 0.5) is 11.4 Å². The molecular weight excluding hydrogens is 262 g/mol. The topological polar surface area (TPSA) is 79.0 Å². The second-order valence-corrected chi connectivity index (χ2v) is 4.96. The number of benzene rings is 1. The van der Waals surface area contributed by atoms with Crippen LogP contribution in [-0.4, -0.2) is 4.92 Å². The summed E-state index contributed by atoms with van der Waals surface area (Å²) in [6, 6.07) is 10.1. The van der Waals surface area contributed by atoms with Gasteiger partial charge in [0, 0.05) is 10.9 Å². The average Bonchev–Trinajstić information content (AvgIpc) is 2.92. The van der Waals surface area contributed by atoms with E-state index in [0.29, 0.717) is 11.3 Å². The Balaban J connectivity index is 2.32. The number of nitriles is 1. The van der Waals surface area contributed by atoms with E-state index in [2.05, 4.69) is 5.32 Å². The van der Waals surface area contributed by atoms with Gasteiger partial charge in [0.15, 0.2) is 0 Å². The first-order chi connectivity index (χ1) is 9.11. The summed E-state index contributed by atoms with van der Waals surface area (Å²) < 4.78 is 0. The summed E-state index contributed by atoms with van der Waals surface area (Å²) in [4.78, 5) is 11.6. The zero-order valence-corrected chi connectivity index (χ0v) is 11.0. The van der Waals surface area contributed by atoms with Crippen molar-refractivity contribution in [3.63, 3.8) is 0 Å². The maximum absolute atomic E-state index is 11.0. The number of thiophene rings is 1. The van der Waals surface area contributed by atoms with Crippen LogP contribution in [-0.2, 0) is 0 Å². The van der Waals surface area contributed by atoms with Gasteiger partial charge in [-0.2, -0.15) is 5.26 Å². The average molecular weight is 273 g/mol. The van der Waals surface area contributed by atoms with Crippen molar-refractivity contribution in [1.82, 2.24) is 0 Å². The van der Waals surface area contributed by atoms with E-state index in [9.17, 15) is 10.1 Å². The van der Waals surface area contributed by atoms with Gasteiger partial charge in [-0.15, -0.1) is 11.3 Å². The highest BCUT2D eigenvalue weighted by molar-refractivity contribution is 7.10.